The van der Waals surface area contributed by atoms with E-state index in [-0.39, 0.29) is 0 Å². The van der Waals surface area contributed by atoms with Crippen molar-refractivity contribution in [1.82, 2.24) is 9.80 Å². The van der Waals surface area contributed by atoms with Crippen LogP contribution in [0.2, 0.25) is 0 Å². The first-order chi connectivity index (χ1) is 7.44. The van der Waals surface area contributed by atoms with Gasteiger partial charge in [0.05, 0.1) is 5.75 Å². The van der Waals surface area contributed by atoms with E-state index in [4.69, 9.17) is 0 Å². The van der Waals surface area contributed by atoms with Gasteiger partial charge in [0.1, 0.15) is 9.84 Å². The summed E-state index contributed by atoms with van der Waals surface area (Å²) in [5, 5.41) is 0. The number of nitrogens with zero attached hydrogens (tertiary/aromatic N) is 2. The largest absolute Gasteiger partial charge is 0.306 e. The van der Waals surface area contributed by atoms with Crippen LogP contribution >= 0.6 is 0 Å². The summed E-state index contributed by atoms with van der Waals surface area (Å²) in [5.41, 5.74) is 0. The summed E-state index contributed by atoms with van der Waals surface area (Å²) in [6.45, 7) is 5.71. The second kappa shape index (κ2) is 4.63. The van der Waals surface area contributed by atoms with E-state index in [1.165, 1.54) is 32.4 Å². The van der Waals surface area contributed by atoms with Gasteiger partial charge in [-0.2, -0.15) is 0 Å². The maximum atomic E-state index is 11.0. The first-order valence-corrected chi connectivity index (χ1v) is 8.09. The summed E-state index contributed by atoms with van der Waals surface area (Å²) in [7, 11) is -0.591. The lowest BCUT2D eigenvalue weighted by Gasteiger charge is -2.18. The molecule has 0 aromatic rings. The van der Waals surface area contributed by atoms with Gasteiger partial charge >= 0.3 is 0 Å². The highest BCUT2D eigenvalue weighted by Gasteiger charge is 2.38. The number of sulfone groups is 1. The number of rotatable bonds is 4. The van der Waals surface area contributed by atoms with E-state index in [0.29, 0.717) is 5.75 Å². The Balaban J connectivity index is 1.71. The number of likely N-dealkylation sites (tertiary alicyclic amines) is 2. The molecule has 0 bridgehead atoms. The minimum atomic E-state index is -2.78. The fourth-order valence-electron chi connectivity index (χ4n) is 3.06. The zero-order chi connectivity index (χ0) is 11.8. The molecule has 2 heterocycles. The van der Waals surface area contributed by atoms with Crippen LogP contribution in [0.5, 0.6) is 0 Å². The summed E-state index contributed by atoms with van der Waals surface area (Å²) >= 11 is 0. The van der Waals surface area contributed by atoms with Crippen LogP contribution in [0.15, 0.2) is 0 Å². The summed E-state index contributed by atoms with van der Waals surface area (Å²) in [4.78, 5) is 4.84. The van der Waals surface area contributed by atoms with E-state index in [1.807, 2.05) is 0 Å². The molecule has 0 N–H and O–H groups in total. The zero-order valence-electron chi connectivity index (χ0n) is 10.2. The molecule has 4 nitrogen and oxygen atoms in total. The summed E-state index contributed by atoms with van der Waals surface area (Å²) in [5.74, 6) is 1.98. The van der Waals surface area contributed by atoms with Gasteiger partial charge in [-0.05, 0) is 31.8 Å². The van der Waals surface area contributed by atoms with E-state index in [2.05, 4.69) is 16.8 Å². The van der Waals surface area contributed by atoms with E-state index < -0.39 is 9.84 Å². The van der Waals surface area contributed by atoms with Gasteiger partial charge in [-0.3, -0.25) is 0 Å². The van der Waals surface area contributed by atoms with Crippen molar-refractivity contribution in [2.24, 2.45) is 11.8 Å². The van der Waals surface area contributed by atoms with Crippen LogP contribution < -0.4 is 0 Å². The second-order valence-corrected chi connectivity index (χ2v) is 7.74. The smallest absolute Gasteiger partial charge is 0.147 e. The Morgan fingerprint density at radius 2 is 1.69 bits per heavy atom. The molecule has 2 aliphatic heterocycles. The highest BCUT2D eigenvalue weighted by atomic mass is 32.2. The van der Waals surface area contributed by atoms with E-state index >= 15 is 0 Å². The summed E-state index contributed by atoms with van der Waals surface area (Å²) in [6.07, 6.45) is 2.11. The quantitative estimate of drug-likeness (QED) is 0.695. The molecule has 2 fully saturated rings. The molecule has 94 valence electrons. The third-order valence-electron chi connectivity index (χ3n) is 3.73. The standard InChI is InChI=1S/C11H22N2O2S/c1-12-6-10-8-13(9-11(10)7-12)4-3-5-16(2,14)15/h10-11H,3-9H2,1-2H3/t10-,11+. The lowest BCUT2D eigenvalue weighted by atomic mass is 10.0. The van der Waals surface area contributed by atoms with Crippen LogP contribution in [0.25, 0.3) is 0 Å². The van der Waals surface area contributed by atoms with Gasteiger partial charge in [0.2, 0.25) is 0 Å². The molecule has 0 aliphatic carbocycles. The van der Waals surface area contributed by atoms with E-state index in [9.17, 15) is 8.42 Å². The Bertz CT molecular complexity index is 328. The van der Waals surface area contributed by atoms with Gasteiger partial charge in [-0.25, -0.2) is 8.42 Å². The Kier molecular flexibility index (Phi) is 3.56. The molecule has 2 rings (SSSR count). The van der Waals surface area contributed by atoms with Crippen molar-refractivity contribution >= 4 is 9.84 Å². The second-order valence-electron chi connectivity index (χ2n) is 5.48. The lowest BCUT2D eigenvalue weighted by Crippen LogP contribution is -2.28. The maximum Gasteiger partial charge on any atom is 0.147 e. The molecule has 16 heavy (non-hydrogen) atoms. The average Bonchev–Trinajstić information content (AvgIpc) is 2.58. The molecule has 0 saturated carbocycles. The third kappa shape index (κ3) is 3.18. The molecule has 0 unspecified atom stereocenters. The van der Waals surface area contributed by atoms with Gasteiger partial charge in [-0.15, -0.1) is 0 Å². The maximum absolute atomic E-state index is 11.0. The van der Waals surface area contributed by atoms with Crippen molar-refractivity contribution in [2.45, 2.75) is 6.42 Å². The normalized spacial score (nSPS) is 32.1. The highest BCUT2D eigenvalue weighted by molar-refractivity contribution is 7.90. The minimum absolute atomic E-state index is 0.332. The monoisotopic (exact) mass is 246 g/mol. The number of hydrogen-bond donors (Lipinski definition) is 0. The number of fused-ring (bicyclic) bond motifs is 1. The van der Waals surface area contributed by atoms with Gasteiger partial charge < -0.3 is 9.80 Å². The van der Waals surface area contributed by atoms with E-state index in [1.54, 1.807) is 0 Å². The molecule has 2 atom stereocenters. The van der Waals surface area contributed by atoms with Crippen molar-refractivity contribution < 1.29 is 8.42 Å². The fraction of sp³-hybridized carbons (Fsp3) is 1.00. The Labute approximate surface area is 98.5 Å². The molecule has 0 aromatic heterocycles. The lowest BCUT2D eigenvalue weighted by molar-refractivity contribution is 0.279. The Hall–Kier alpha value is -0.130. The first kappa shape index (κ1) is 12.3. The predicted octanol–water partition coefficient (Wildman–Crippen LogP) is -0.0855. The molecule has 5 heteroatoms. The molecule has 2 saturated heterocycles. The topological polar surface area (TPSA) is 40.6 Å². The molecule has 2 aliphatic rings. The molecule has 0 radical (unpaired) electrons. The average molecular weight is 246 g/mol. The van der Waals surface area contributed by atoms with Gasteiger partial charge in [-0.1, -0.05) is 0 Å². The highest BCUT2D eigenvalue weighted by Crippen LogP contribution is 2.29. The molecule has 0 aromatic carbocycles. The van der Waals surface area contributed by atoms with Crippen LogP contribution in [0.4, 0.5) is 0 Å². The molecular formula is C11H22N2O2S. The van der Waals surface area contributed by atoms with Gasteiger partial charge in [0.15, 0.2) is 0 Å². The SMILES string of the molecule is CN1C[C@@H]2CN(CCCS(C)(=O)=O)C[C@@H]2C1. The summed E-state index contributed by atoms with van der Waals surface area (Å²) in [6, 6.07) is 0. The third-order valence-corrected chi connectivity index (χ3v) is 4.76. The minimum Gasteiger partial charge on any atom is -0.306 e. The van der Waals surface area contributed by atoms with Crippen LogP contribution in [-0.4, -0.2) is 70.0 Å². The summed E-state index contributed by atoms with van der Waals surface area (Å²) < 4.78 is 22.0. The fourth-order valence-corrected chi connectivity index (χ4v) is 3.71. The van der Waals surface area contributed by atoms with Crippen molar-refractivity contribution in [3.8, 4) is 0 Å². The molecular weight excluding hydrogens is 224 g/mol. The van der Waals surface area contributed by atoms with Crippen molar-refractivity contribution in [3.63, 3.8) is 0 Å². The van der Waals surface area contributed by atoms with Gasteiger partial charge in [0.25, 0.3) is 0 Å². The molecule has 0 amide bonds. The van der Waals surface area contributed by atoms with Crippen LogP contribution in [0.3, 0.4) is 0 Å². The Morgan fingerprint density at radius 3 is 2.19 bits per heavy atom. The first-order valence-electron chi connectivity index (χ1n) is 6.02. The van der Waals surface area contributed by atoms with Crippen molar-refractivity contribution in [1.29, 1.82) is 0 Å². The van der Waals surface area contributed by atoms with Crippen LogP contribution in [-0.2, 0) is 9.84 Å². The predicted molar refractivity (Wildman–Crippen MR) is 65.2 cm³/mol. The van der Waals surface area contributed by atoms with E-state index in [0.717, 1.165) is 24.8 Å². The zero-order valence-corrected chi connectivity index (χ0v) is 11.0. The molecule has 0 spiro atoms. The van der Waals surface area contributed by atoms with Crippen LogP contribution in [0, 0.1) is 11.8 Å². The Morgan fingerprint density at radius 1 is 1.12 bits per heavy atom. The number of hydrogen-bond acceptors (Lipinski definition) is 4. The van der Waals surface area contributed by atoms with Gasteiger partial charge in [0, 0.05) is 32.4 Å². The van der Waals surface area contributed by atoms with Crippen LogP contribution in [0.1, 0.15) is 6.42 Å². The van der Waals surface area contributed by atoms with Crippen molar-refractivity contribution in [2.75, 3.05) is 51.8 Å². The van der Waals surface area contributed by atoms with Crippen molar-refractivity contribution in [3.05, 3.63) is 0 Å².